The van der Waals surface area contributed by atoms with Crippen molar-refractivity contribution in [1.82, 2.24) is 15.2 Å². The van der Waals surface area contributed by atoms with Gasteiger partial charge in [0.05, 0.1) is 0 Å². The molecule has 0 aliphatic carbocycles. The van der Waals surface area contributed by atoms with Crippen LogP contribution in [0, 0.1) is 0 Å². The third-order valence-corrected chi connectivity index (χ3v) is 4.50. The smallest absolute Gasteiger partial charge is 0.123 e. The number of rotatable bonds is 8. The number of nitrogens with zero attached hydrogens (tertiary/aromatic N) is 2. The first-order valence-electron chi connectivity index (χ1n) is 7.61. The van der Waals surface area contributed by atoms with E-state index in [1.54, 1.807) is 6.20 Å². The van der Waals surface area contributed by atoms with Crippen LogP contribution in [0.5, 0.6) is 0 Å². The lowest BCUT2D eigenvalue weighted by Gasteiger charge is -2.45. The lowest BCUT2D eigenvalue weighted by atomic mass is 9.80. The fourth-order valence-corrected chi connectivity index (χ4v) is 3.24. The minimum atomic E-state index is 0.161. The summed E-state index contributed by atoms with van der Waals surface area (Å²) >= 11 is 0. The lowest BCUT2D eigenvalue weighted by molar-refractivity contribution is 0.0889. The molecule has 1 aromatic heterocycles. The highest BCUT2D eigenvalue weighted by molar-refractivity contribution is 5.32. The van der Waals surface area contributed by atoms with E-state index >= 15 is 0 Å². The summed E-state index contributed by atoms with van der Waals surface area (Å²) in [4.78, 5) is 6.44. The Bertz CT molecular complexity index is 399. The zero-order valence-corrected chi connectivity index (χ0v) is 13.6. The maximum atomic E-state index is 5.80. The average molecular weight is 278 g/mol. The van der Waals surface area contributed by atoms with E-state index in [2.05, 4.69) is 56.1 Å². The molecule has 0 saturated carbocycles. The van der Waals surface area contributed by atoms with Gasteiger partial charge >= 0.3 is 0 Å². The maximum Gasteiger partial charge on any atom is 0.123 e. The van der Waals surface area contributed by atoms with Crippen LogP contribution in [0.25, 0.3) is 0 Å². The first-order chi connectivity index (χ1) is 9.50. The van der Waals surface area contributed by atoms with Gasteiger partial charge in [-0.05, 0) is 57.6 Å². The average Bonchev–Trinajstić information content (AvgIpc) is 2.40. The quantitative estimate of drug-likeness (QED) is 0.766. The number of nitrogens with two attached hydrogens (primary N) is 1. The van der Waals surface area contributed by atoms with Crippen LogP contribution in [0.3, 0.4) is 0 Å². The number of aromatic nitrogens is 1. The Balaban J connectivity index is 3.03. The number of hydrogen-bond acceptors (Lipinski definition) is 4. The number of nitrogens with one attached hydrogen (secondary N) is 1. The van der Waals surface area contributed by atoms with Crippen molar-refractivity contribution in [3.8, 4) is 0 Å². The van der Waals surface area contributed by atoms with E-state index in [-0.39, 0.29) is 5.54 Å². The SMILES string of the molecule is CCNC(Cc1ccnc(N)c1)C(CC)(CC)N(C)C. The first kappa shape index (κ1) is 16.9. The number of anilines is 1. The molecule has 3 N–H and O–H groups in total. The van der Waals surface area contributed by atoms with Crippen LogP contribution in [0.15, 0.2) is 18.3 Å². The van der Waals surface area contributed by atoms with Crippen LogP contribution in [0.4, 0.5) is 5.82 Å². The van der Waals surface area contributed by atoms with E-state index in [1.165, 1.54) is 5.56 Å². The molecule has 4 nitrogen and oxygen atoms in total. The van der Waals surface area contributed by atoms with Crippen molar-refractivity contribution >= 4 is 5.82 Å². The summed E-state index contributed by atoms with van der Waals surface area (Å²) in [5.41, 5.74) is 7.21. The molecule has 0 radical (unpaired) electrons. The molecule has 0 aromatic carbocycles. The molecule has 20 heavy (non-hydrogen) atoms. The van der Waals surface area contributed by atoms with Crippen molar-refractivity contribution in [3.05, 3.63) is 23.9 Å². The minimum Gasteiger partial charge on any atom is -0.384 e. The normalized spacial score (nSPS) is 13.7. The summed E-state index contributed by atoms with van der Waals surface area (Å²) in [5.74, 6) is 0.598. The standard InChI is InChI=1S/C16H30N4/c1-6-16(7-2,20(4)5)14(18-8-3)11-13-9-10-19-15(17)12-13/h9-10,12,14,18H,6-8,11H2,1-5H3,(H2,17,19). The Kier molecular flexibility index (Phi) is 6.43. The summed E-state index contributed by atoms with van der Waals surface area (Å²) in [5, 5.41) is 3.67. The number of pyridine rings is 1. The van der Waals surface area contributed by atoms with Gasteiger partial charge in [-0.1, -0.05) is 20.8 Å². The van der Waals surface area contributed by atoms with E-state index < -0.39 is 0 Å². The Labute approximate surface area is 123 Å². The van der Waals surface area contributed by atoms with Gasteiger partial charge in [0.1, 0.15) is 5.82 Å². The van der Waals surface area contributed by atoms with Crippen LogP contribution in [-0.2, 0) is 6.42 Å². The topological polar surface area (TPSA) is 54.2 Å². The Morgan fingerprint density at radius 2 is 1.95 bits per heavy atom. The molecule has 4 heteroatoms. The molecular formula is C16H30N4. The summed E-state index contributed by atoms with van der Waals surface area (Å²) in [7, 11) is 4.36. The van der Waals surface area contributed by atoms with Gasteiger partial charge in [-0.25, -0.2) is 4.98 Å². The van der Waals surface area contributed by atoms with Crippen LogP contribution in [-0.4, -0.2) is 42.1 Å². The highest BCUT2D eigenvalue weighted by Crippen LogP contribution is 2.28. The molecule has 1 unspecified atom stereocenters. The second kappa shape index (κ2) is 7.60. The van der Waals surface area contributed by atoms with Gasteiger partial charge < -0.3 is 16.0 Å². The molecule has 1 heterocycles. The zero-order valence-electron chi connectivity index (χ0n) is 13.6. The molecule has 0 aliphatic heterocycles. The van der Waals surface area contributed by atoms with E-state index in [0.29, 0.717) is 11.9 Å². The van der Waals surface area contributed by atoms with Gasteiger partial charge in [0.25, 0.3) is 0 Å². The largest absolute Gasteiger partial charge is 0.384 e. The van der Waals surface area contributed by atoms with Gasteiger partial charge in [0.2, 0.25) is 0 Å². The van der Waals surface area contributed by atoms with E-state index in [9.17, 15) is 0 Å². The van der Waals surface area contributed by atoms with Crippen molar-refractivity contribution < 1.29 is 0 Å². The van der Waals surface area contributed by atoms with Crippen LogP contribution in [0.2, 0.25) is 0 Å². The zero-order chi connectivity index (χ0) is 15.2. The minimum absolute atomic E-state index is 0.161. The Hall–Kier alpha value is -1.13. The number of hydrogen-bond donors (Lipinski definition) is 2. The third kappa shape index (κ3) is 3.70. The molecule has 0 aliphatic rings. The van der Waals surface area contributed by atoms with Gasteiger partial charge in [-0.2, -0.15) is 0 Å². The third-order valence-electron chi connectivity index (χ3n) is 4.50. The van der Waals surface area contributed by atoms with Crippen LogP contribution < -0.4 is 11.1 Å². The molecule has 0 amide bonds. The van der Waals surface area contributed by atoms with Gasteiger partial charge in [0.15, 0.2) is 0 Å². The number of likely N-dealkylation sites (N-methyl/N-ethyl adjacent to an activating group) is 2. The molecule has 1 rings (SSSR count). The molecule has 1 aromatic rings. The molecular weight excluding hydrogens is 248 g/mol. The Morgan fingerprint density at radius 3 is 2.40 bits per heavy atom. The van der Waals surface area contributed by atoms with Crippen LogP contribution >= 0.6 is 0 Å². The summed E-state index contributed by atoms with van der Waals surface area (Å²) < 4.78 is 0. The van der Waals surface area contributed by atoms with E-state index in [1.807, 2.05) is 6.07 Å². The maximum absolute atomic E-state index is 5.80. The monoisotopic (exact) mass is 278 g/mol. The fourth-order valence-electron chi connectivity index (χ4n) is 3.24. The molecule has 1 atom stereocenters. The van der Waals surface area contributed by atoms with Gasteiger partial charge in [0, 0.05) is 17.8 Å². The molecule has 0 spiro atoms. The predicted molar refractivity (Wildman–Crippen MR) is 86.8 cm³/mol. The predicted octanol–water partition coefficient (Wildman–Crippen LogP) is 2.30. The molecule has 114 valence electrons. The lowest BCUT2D eigenvalue weighted by Crippen LogP contribution is -2.59. The van der Waals surface area contributed by atoms with E-state index in [0.717, 1.165) is 25.8 Å². The highest BCUT2D eigenvalue weighted by atomic mass is 15.2. The van der Waals surface area contributed by atoms with Crippen molar-refractivity contribution in [3.63, 3.8) is 0 Å². The number of nitrogen functional groups attached to an aromatic ring is 1. The summed E-state index contributed by atoms with van der Waals surface area (Å²) in [6.07, 6.45) is 5.01. The van der Waals surface area contributed by atoms with Crippen molar-refractivity contribution in [2.45, 2.75) is 51.6 Å². The van der Waals surface area contributed by atoms with Crippen molar-refractivity contribution in [1.29, 1.82) is 0 Å². The molecule has 0 bridgehead atoms. The second-order valence-corrected chi connectivity index (χ2v) is 5.61. The van der Waals surface area contributed by atoms with Gasteiger partial charge in [-0.3, -0.25) is 0 Å². The summed E-state index contributed by atoms with van der Waals surface area (Å²) in [6, 6.07) is 4.45. The van der Waals surface area contributed by atoms with Crippen molar-refractivity contribution in [2.24, 2.45) is 0 Å². The Morgan fingerprint density at radius 1 is 1.30 bits per heavy atom. The van der Waals surface area contributed by atoms with Gasteiger partial charge in [-0.15, -0.1) is 0 Å². The summed E-state index contributed by atoms with van der Waals surface area (Å²) in [6.45, 7) is 7.68. The van der Waals surface area contributed by atoms with Crippen molar-refractivity contribution in [2.75, 3.05) is 26.4 Å². The molecule has 0 fully saturated rings. The van der Waals surface area contributed by atoms with Crippen LogP contribution in [0.1, 0.15) is 39.2 Å². The molecule has 0 saturated heterocycles. The fraction of sp³-hybridized carbons (Fsp3) is 0.688. The highest BCUT2D eigenvalue weighted by Gasteiger charge is 2.37. The first-order valence-corrected chi connectivity index (χ1v) is 7.61. The van der Waals surface area contributed by atoms with E-state index in [4.69, 9.17) is 5.73 Å². The second-order valence-electron chi connectivity index (χ2n) is 5.61.